The van der Waals surface area contributed by atoms with Crippen LogP contribution < -0.4 is 15.6 Å². The van der Waals surface area contributed by atoms with E-state index in [9.17, 15) is 9.59 Å². The zero-order valence-electron chi connectivity index (χ0n) is 13.5. The Morgan fingerprint density at radius 2 is 2.17 bits per heavy atom. The molecule has 2 aromatic heterocycles. The Morgan fingerprint density at radius 1 is 1.38 bits per heavy atom. The molecule has 8 heteroatoms. The molecule has 0 bridgehead atoms. The van der Waals surface area contributed by atoms with Gasteiger partial charge in [0.05, 0.1) is 12.8 Å². The number of nitrogens with zero attached hydrogens (tertiary/aromatic N) is 3. The number of amides is 1. The lowest BCUT2D eigenvalue weighted by molar-refractivity contribution is -0.116. The van der Waals surface area contributed by atoms with Crippen LogP contribution in [0.3, 0.4) is 0 Å². The van der Waals surface area contributed by atoms with Crippen molar-refractivity contribution in [2.45, 2.75) is 20.4 Å². The Kier molecular flexibility index (Phi) is 4.03. The van der Waals surface area contributed by atoms with Crippen LogP contribution in [-0.4, -0.2) is 27.7 Å². The standard InChI is InChI=1S/C16H16N4O4/c1-9-14-15(24-19-9)17-10(2)20(16(14)22)8-13(21)18-11-5-4-6-12(7-11)23-3/h4-7H,8H2,1-3H3,(H,18,21). The molecule has 0 aliphatic carbocycles. The predicted molar refractivity (Wildman–Crippen MR) is 87.2 cm³/mol. The second kappa shape index (κ2) is 6.15. The van der Waals surface area contributed by atoms with Crippen molar-refractivity contribution in [1.82, 2.24) is 14.7 Å². The van der Waals surface area contributed by atoms with Gasteiger partial charge >= 0.3 is 0 Å². The van der Waals surface area contributed by atoms with Gasteiger partial charge in [0.2, 0.25) is 5.91 Å². The van der Waals surface area contributed by atoms with Crippen molar-refractivity contribution in [3.05, 3.63) is 46.1 Å². The molecule has 3 rings (SSSR count). The number of methoxy groups -OCH3 is 1. The summed E-state index contributed by atoms with van der Waals surface area (Å²) in [5, 5.41) is 6.76. The van der Waals surface area contributed by atoms with Gasteiger partial charge in [-0.25, -0.2) is 0 Å². The lowest BCUT2D eigenvalue weighted by atomic mass is 10.3. The largest absolute Gasteiger partial charge is 0.497 e. The molecule has 24 heavy (non-hydrogen) atoms. The fraction of sp³-hybridized carbons (Fsp3) is 0.250. The number of ether oxygens (including phenoxy) is 1. The number of carbonyl (C=O) groups is 1. The number of fused-ring (bicyclic) bond motifs is 1. The van der Waals surface area contributed by atoms with E-state index in [-0.39, 0.29) is 29.1 Å². The first kappa shape index (κ1) is 15.7. The van der Waals surface area contributed by atoms with E-state index in [1.807, 2.05) is 0 Å². The van der Waals surface area contributed by atoms with E-state index >= 15 is 0 Å². The van der Waals surface area contributed by atoms with Crippen LogP contribution in [0.1, 0.15) is 11.5 Å². The average Bonchev–Trinajstić information content (AvgIpc) is 2.92. The van der Waals surface area contributed by atoms with Crippen molar-refractivity contribution in [3.63, 3.8) is 0 Å². The summed E-state index contributed by atoms with van der Waals surface area (Å²) in [6.45, 7) is 3.14. The van der Waals surface area contributed by atoms with E-state index in [0.717, 1.165) is 0 Å². The third kappa shape index (κ3) is 2.85. The van der Waals surface area contributed by atoms with Crippen molar-refractivity contribution in [3.8, 4) is 5.75 Å². The minimum atomic E-state index is -0.350. The highest BCUT2D eigenvalue weighted by Crippen LogP contribution is 2.17. The van der Waals surface area contributed by atoms with Gasteiger partial charge in [0, 0.05) is 11.8 Å². The van der Waals surface area contributed by atoms with E-state index in [2.05, 4.69) is 15.5 Å². The average molecular weight is 328 g/mol. The quantitative estimate of drug-likeness (QED) is 0.782. The van der Waals surface area contributed by atoms with Gasteiger partial charge in [0.1, 0.15) is 23.5 Å². The van der Waals surface area contributed by atoms with Crippen molar-refractivity contribution < 1.29 is 14.1 Å². The van der Waals surface area contributed by atoms with Gasteiger partial charge in [-0.15, -0.1) is 0 Å². The molecule has 2 heterocycles. The molecule has 8 nitrogen and oxygen atoms in total. The maximum Gasteiger partial charge on any atom is 0.267 e. The number of anilines is 1. The van der Waals surface area contributed by atoms with Crippen molar-refractivity contribution in [2.75, 3.05) is 12.4 Å². The van der Waals surface area contributed by atoms with Gasteiger partial charge < -0.3 is 14.6 Å². The molecule has 1 amide bonds. The van der Waals surface area contributed by atoms with Gasteiger partial charge in [0.25, 0.3) is 11.3 Å². The fourth-order valence-electron chi connectivity index (χ4n) is 2.40. The second-order valence-electron chi connectivity index (χ2n) is 5.28. The van der Waals surface area contributed by atoms with Crippen LogP contribution >= 0.6 is 0 Å². The molecule has 0 spiro atoms. The van der Waals surface area contributed by atoms with Gasteiger partial charge in [-0.2, -0.15) is 4.98 Å². The first-order chi connectivity index (χ1) is 11.5. The molecule has 0 fully saturated rings. The number of nitrogens with one attached hydrogen (secondary N) is 1. The summed E-state index contributed by atoms with van der Waals surface area (Å²) in [5.41, 5.74) is 0.862. The van der Waals surface area contributed by atoms with Crippen LogP contribution in [-0.2, 0) is 11.3 Å². The molecule has 0 aliphatic rings. The molecule has 0 aliphatic heterocycles. The fourth-order valence-corrected chi connectivity index (χ4v) is 2.40. The predicted octanol–water partition coefficient (Wildman–Crippen LogP) is 1.65. The number of carbonyl (C=O) groups excluding carboxylic acids is 1. The summed E-state index contributed by atoms with van der Waals surface area (Å²) >= 11 is 0. The summed E-state index contributed by atoms with van der Waals surface area (Å²) in [7, 11) is 1.55. The number of hydrogen-bond acceptors (Lipinski definition) is 6. The Bertz CT molecular complexity index is 974. The SMILES string of the molecule is COc1cccc(NC(=O)Cn2c(C)nc3onc(C)c3c2=O)c1. The molecule has 0 atom stereocenters. The van der Waals surface area contributed by atoms with Crippen LogP contribution in [0.15, 0.2) is 33.6 Å². The number of hydrogen-bond donors (Lipinski definition) is 1. The molecule has 1 aromatic carbocycles. The summed E-state index contributed by atoms with van der Waals surface area (Å²) < 4.78 is 11.4. The zero-order valence-corrected chi connectivity index (χ0v) is 13.5. The Morgan fingerprint density at radius 3 is 2.92 bits per heavy atom. The smallest absolute Gasteiger partial charge is 0.267 e. The van der Waals surface area contributed by atoms with Crippen LogP contribution in [0.2, 0.25) is 0 Å². The Balaban J connectivity index is 1.87. The molecule has 0 saturated carbocycles. The third-order valence-corrected chi connectivity index (χ3v) is 3.61. The second-order valence-corrected chi connectivity index (χ2v) is 5.28. The Hall–Kier alpha value is -3.16. The third-order valence-electron chi connectivity index (χ3n) is 3.61. The number of rotatable bonds is 4. The van der Waals surface area contributed by atoms with Crippen LogP contribution in [0.5, 0.6) is 5.75 Å². The summed E-state index contributed by atoms with van der Waals surface area (Å²) in [5.74, 6) is 0.664. The topological polar surface area (TPSA) is 99.2 Å². The minimum absolute atomic E-state index is 0.157. The van der Waals surface area contributed by atoms with Gasteiger partial charge in [-0.1, -0.05) is 11.2 Å². The van der Waals surface area contributed by atoms with Gasteiger partial charge in [0.15, 0.2) is 0 Å². The highest BCUT2D eigenvalue weighted by molar-refractivity contribution is 5.91. The van der Waals surface area contributed by atoms with E-state index in [1.54, 1.807) is 45.2 Å². The zero-order chi connectivity index (χ0) is 17.3. The van der Waals surface area contributed by atoms with Crippen LogP contribution in [0.4, 0.5) is 5.69 Å². The number of aryl methyl sites for hydroxylation is 2. The van der Waals surface area contributed by atoms with Crippen molar-refractivity contribution >= 4 is 22.7 Å². The molecule has 0 unspecified atom stereocenters. The van der Waals surface area contributed by atoms with E-state index < -0.39 is 0 Å². The molecule has 3 aromatic rings. The van der Waals surface area contributed by atoms with Crippen molar-refractivity contribution in [2.24, 2.45) is 0 Å². The minimum Gasteiger partial charge on any atom is -0.497 e. The lowest BCUT2D eigenvalue weighted by Gasteiger charge is -2.10. The maximum atomic E-state index is 12.5. The monoisotopic (exact) mass is 328 g/mol. The lowest BCUT2D eigenvalue weighted by Crippen LogP contribution is -2.30. The Labute approximate surface area is 137 Å². The molecule has 1 N–H and O–H groups in total. The first-order valence-corrected chi connectivity index (χ1v) is 7.27. The van der Waals surface area contributed by atoms with E-state index in [0.29, 0.717) is 23.0 Å². The summed E-state index contributed by atoms with van der Waals surface area (Å²) in [6.07, 6.45) is 0. The van der Waals surface area contributed by atoms with Gasteiger partial charge in [-0.05, 0) is 26.0 Å². The molecular weight excluding hydrogens is 312 g/mol. The summed E-state index contributed by atoms with van der Waals surface area (Å²) in [4.78, 5) is 29.0. The normalized spacial score (nSPS) is 10.8. The van der Waals surface area contributed by atoms with Gasteiger partial charge in [-0.3, -0.25) is 14.2 Å². The van der Waals surface area contributed by atoms with Crippen molar-refractivity contribution in [1.29, 1.82) is 0 Å². The summed E-state index contributed by atoms with van der Waals surface area (Å²) in [6, 6.07) is 6.97. The highest BCUT2D eigenvalue weighted by Gasteiger charge is 2.16. The number of aromatic nitrogens is 3. The molecular formula is C16H16N4O4. The highest BCUT2D eigenvalue weighted by atomic mass is 16.5. The molecule has 0 saturated heterocycles. The molecule has 0 radical (unpaired) electrons. The van der Waals surface area contributed by atoms with Crippen LogP contribution in [0, 0.1) is 13.8 Å². The number of benzene rings is 1. The first-order valence-electron chi connectivity index (χ1n) is 7.27. The van der Waals surface area contributed by atoms with E-state index in [4.69, 9.17) is 9.26 Å². The van der Waals surface area contributed by atoms with E-state index in [1.165, 1.54) is 4.57 Å². The maximum absolute atomic E-state index is 12.5. The molecule has 124 valence electrons. The van der Waals surface area contributed by atoms with Crippen LogP contribution in [0.25, 0.3) is 11.1 Å².